The first kappa shape index (κ1) is 18.3. The number of terminal acetylenes is 2. The van der Waals surface area contributed by atoms with Gasteiger partial charge in [0.05, 0.1) is 18.8 Å². The zero-order valence-corrected chi connectivity index (χ0v) is 11.5. The number of carbonyl (C=O) groups is 3. The molecule has 0 heterocycles. The SMILES string of the molecule is C#CCOC(=O)CC(CC(=O)OCC=C)C(=O)OCC#C. The number of hydrogen-bond donors (Lipinski definition) is 0. The summed E-state index contributed by atoms with van der Waals surface area (Å²) in [7, 11) is 0. The van der Waals surface area contributed by atoms with Crippen LogP contribution in [0.3, 0.4) is 0 Å². The maximum Gasteiger partial charge on any atom is 0.311 e. The molecule has 0 aromatic carbocycles. The second-order valence-electron chi connectivity index (χ2n) is 3.75. The maximum absolute atomic E-state index is 11.7. The van der Waals surface area contributed by atoms with E-state index in [2.05, 4.69) is 23.2 Å². The molecule has 0 amide bonds. The van der Waals surface area contributed by atoms with Crippen molar-refractivity contribution >= 4 is 17.9 Å². The third kappa shape index (κ3) is 8.90. The average Bonchev–Trinajstić information content (AvgIpc) is 2.47. The van der Waals surface area contributed by atoms with E-state index in [1.54, 1.807) is 0 Å². The Morgan fingerprint density at radius 2 is 1.52 bits per heavy atom. The summed E-state index contributed by atoms with van der Waals surface area (Å²) in [5.74, 6) is 1.03. The summed E-state index contributed by atoms with van der Waals surface area (Å²) < 4.78 is 14.1. The Bertz CT molecular complexity index is 466. The average molecular weight is 292 g/mol. The van der Waals surface area contributed by atoms with E-state index in [0.717, 1.165) is 0 Å². The lowest BCUT2D eigenvalue weighted by atomic mass is 10.0. The van der Waals surface area contributed by atoms with Crippen LogP contribution in [0.4, 0.5) is 0 Å². The Hall–Kier alpha value is -2.73. The first-order valence-electron chi connectivity index (χ1n) is 6.00. The highest BCUT2D eigenvalue weighted by molar-refractivity contribution is 5.84. The Balaban J connectivity index is 4.61. The van der Waals surface area contributed by atoms with Gasteiger partial charge in [-0.2, -0.15) is 0 Å². The van der Waals surface area contributed by atoms with Crippen LogP contribution >= 0.6 is 0 Å². The minimum atomic E-state index is -1.04. The summed E-state index contributed by atoms with van der Waals surface area (Å²) in [5.41, 5.74) is 0. The molecular formula is C15H16O6. The maximum atomic E-state index is 11.7. The van der Waals surface area contributed by atoms with Crippen LogP contribution in [-0.2, 0) is 28.6 Å². The van der Waals surface area contributed by atoms with Crippen molar-refractivity contribution in [2.75, 3.05) is 19.8 Å². The molecule has 0 saturated heterocycles. The van der Waals surface area contributed by atoms with Gasteiger partial charge in [-0.25, -0.2) is 0 Å². The van der Waals surface area contributed by atoms with Crippen LogP contribution in [0.5, 0.6) is 0 Å². The molecule has 0 aliphatic heterocycles. The van der Waals surface area contributed by atoms with Crippen molar-refractivity contribution in [2.24, 2.45) is 5.92 Å². The van der Waals surface area contributed by atoms with E-state index in [9.17, 15) is 14.4 Å². The van der Waals surface area contributed by atoms with Gasteiger partial charge in [0.2, 0.25) is 0 Å². The van der Waals surface area contributed by atoms with E-state index in [0.29, 0.717) is 0 Å². The molecule has 0 aliphatic rings. The summed E-state index contributed by atoms with van der Waals surface area (Å²) >= 11 is 0. The molecule has 112 valence electrons. The fraction of sp³-hybridized carbons (Fsp3) is 0.400. The van der Waals surface area contributed by atoms with E-state index < -0.39 is 23.8 Å². The molecule has 1 unspecified atom stereocenters. The van der Waals surface area contributed by atoms with Crippen LogP contribution in [-0.4, -0.2) is 37.7 Å². The van der Waals surface area contributed by atoms with Crippen molar-refractivity contribution in [3.05, 3.63) is 12.7 Å². The molecule has 1 atom stereocenters. The van der Waals surface area contributed by atoms with Crippen molar-refractivity contribution in [2.45, 2.75) is 12.8 Å². The van der Waals surface area contributed by atoms with Crippen LogP contribution < -0.4 is 0 Å². The number of ether oxygens (including phenoxy) is 3. The molecule has 6 heteroatoms. The lowest BCUT2D eigenvalue weighted by Crippen LogP contribution is -2.25. The minimum absolute atomic E-state index is 0.00644. The third-order valence-electron chi connectivity index (χ3n) is 2.14. The zero-order valence-electron chi connectivity index (χ0n) is 11.5. The Kier molecular flexibility index (Phi) is 9.68. The topological polar surface area (TPSA) is 78.9 Å². The third-order valence-corrected chi connectivity index (χ3v) is 2.14. The number of esters is 3. The Morgan fingerprint density at radius 3 is 2.05 bits per heavy atom. The van der Waals surface area contributed by atoms with Crippen LogP contribution in [0, 0.1) is 30.6 Å². The molecule has 0 N–H and O–H groups in total. The van der Waals surface area contributed by atoms with Crippen LogP contribution in [0.15, 0.2) is 12.7 Å². The highest BCUT2D eigenvalue weighted by Crippen LogP contribution is 2.13. The molecule has 0 aromatic heterocycles. The minimum Gasteiger partial charge on any atom is -0.461 e. The number of hydrogen-bond acceptors (Lipinski definition) is 6. The van der Waals surface area contributed by atoms with Gasteiger partial charge in [-0.1, -0.05) is 24.5 Å². The summed E-state index contributed by atoms with van der Waals surface area (Å²) in [6.45, 7) is 2.92. The summed E-state index contributed by atoms with van der Waals surface area (Å²) in [5, 5.41) is 0. The summed E-state index contributed by atoms with van der Waals surface area (Å²) in [6, 6.07) is 0. The molecule has 0 saturated carbocycles. The van der Waals surface area contributed by atoms with Crippen LogP contribution in [0.1, 0.15) is 12.8 Å². The van der Waals surface area contributed by atoms with Gasteiger partial charge in [0.15, 0.2) is 13.2 Å². The van der Waals surface area contributed by atoms with Gasteiger partial charge in [0.1, 0.15) is 6.61 Å². The lowest BCUT2D eigenvalue weighted by molar-refractivity contribution is -0.157. The van der Waals surface area contributed by atoms with E-state index in [1.807, 2.05) is 0 Å². The smallest absolute Gasteiger partial charge is 0.311 e. The summed E-state index contributed by atoms with van der Waals surface area (Å²) in [6.07, 6.45) is 10.6. The molecule has 0 bridgehead atoms. The van der Waals surface area contributed by atoms with E-state index >= 15 is 0 Å². The van der Waals surface area contributed by atoms with Gasteiger partial charge >= 0.3 is 17.9 Å². The van der Waals surface area contributed by atoms with Gasteiger partial charge in [-0.15, -0.1) is 12.8 Å². The molecule has 0 fully saturated rings. The Morgan fingerprint density at radius 1 is 1.00 bits per heavy atom. The van der Waals surface area contributed by atoms with Gasteiger partial charge in [-0.3, -0.25) is 14.4 Å². The standard InChI is InChI=1S/C15H16O6/c1-4-7-19-13(16)10-12(15(18)21-9-6-3)11-14(17)20-8-5-2/h1,3,5,12H,2,7-11H2. The molecule has 0 aromatic rings. The quantitative estimate of drug-likeness (QED) is 0.266. The highest BCUT2D eigenvalue weighted by Gasteiger charge is 2.27. The predicted molar refractivity (Wildman–Crippen MR) is 73.5 cm³/mol. The first-order valence-corrected chi connectivity index (χ1v) is 6.00. The molecule has 0 radical (unpaired) electrons. The molecule has 21 heavy (non-hydrogen) atoms. The van der Waals surface area contributed by atoms with E-state index in [1.165, 1.54) is 6.08 Å². The van der Waals surface area contributed by atoms with Crippen molar-refractivity contribution in [1.82, 2.24) is 0 Å². The second-order valence-corrected chi connectivity index (χ2v) is 3.75. The van der Waals surface area contributed by atoms with Crippen molar-refractivity contribution in [3.63, 3.8) is 0 Å². The fourth-order valence-electron chi connectivity index (χ4n) is 1.26. The normalized spacial score (nSPS) is 10.4. The first-order chi connectivity index (χ1) is 10.0. The van der Waals surface area contributed by atoms with Gasteiger partial charge in [-0.05, 0) is 0 Å². The summed E-state index contributed by atoms with van der Waals surface area (Å²) in [4.78, 5) is 34.7. The predicted octanol–water partition coefficient (Wildman–Crippen LogP) is 0.465. The largest absolute Gasteiger partial charge is 0.461 e. The van der Waals surface area contributed by atoms with Gasteiger partial charge < -0.3 is 14.2 Å². The molecule has 0 spiro atoms. The van der Waals surface area contributed by atoms with E-state index in [4.69, 9.17) is 22.3 Å². The van der Waals surface area contributed by atoms with E-state index in [-0.39, 0.29) is 32.7 Å². The molecule has 6 nitrogen and oxygen atoms in total. The van der Waals surface area contributed by atoms with Crippen molar-refractivity contribution in [1.29, 1.82) is 0 Å². The monoisotopic (exact) mass is 292 g/mol. The molecule has 0 aliphatic carbocycles. The zero-order chi connectivity index (χ0) is 16.1. The van der Waals surface area contributed by atoms with Crippen molar-refractivity contribution < 1.29 is 28.6 Å². The van der Waals surface area contributed by atoms with Crippen LogP contribution in [0.25, 0.3) is 0 Å². The highest BCUT2D eigenvalue weighted by atomic mass is 16.5. The number of carbonyl (C=O) groups excluding carboxylic acids is 3. The lowest BCUT2D eigenvalue weighted by Gasteiger charge is -2.13. The van der Waals surface area contributed by atoms with Gasteiger partial charge in [0.25, 0.3) is 0 Å². The molecular weight excluding hydrogens is 276 g/mol. The van der Waals surface area contributed by atoms with Crippen molar-refractivity contribution in [3.8, 4) is 24.7 Å². The Labute approximate surface area is 123 Å². The van der Waals surface area contributed by atoms with Gasteiger partial charge in [0, 0.05) is 0 Å². The number of rotatable bonds is 9. The fourth-order valence-corrected chi connectivity index (χ4v) is 1.26. The van der Waals surface area contributed by atoms with Crippen LogP contribution in [0.2, 0.25) is 0 Å². The molecule has 0 rings (SSSR count). The second kappa shape index (κ2) is 11.1.